The Bertz CT molecular complexity index is 1930. The number of aryl methyl sites for hydroxylation is 3. The number of fused-ring (bicyclic) bond motifs is 4. The van der Waals surface area contributed by atoms with Gasteiger partial charge in [-0.25, -0.2) is 0 Å². The second-order valence-electron chi connectivity index (χ2n) is 10.6. The smallest absolute Gasteiger partial charge is 0.241 e. The summed E-state index contributed by atoms with van der Waals surface area (Å²) in [5, 5.41) is 0. The Morgan fingerprint density at radius 1 is 0.628 bits per heavy atom. The molecule has 2 aromatic heterocycles. The molecule has 6 aromatic rings. The van der Waals surface area contributed by atoms with Gasteiger partial charge >= 0.3 is 0 Å². The molecule has 2 aliphatic rings. The van der Waals surface area contributed by atoms with Crippen LogP contribution in [0.5, 0.6) is 23.0 Å². The van der Waals surface area contributed by atoms with Crippen molar-refractivity contribution >= 4 is 23.1 Å². The summed E-state index contributed by atoms with van der Waals surface area (Å²) in [4.78, 5) is 8.98. The number of ether oxygens (including phenoxy) is 2. The van der Waals surface area contributed by atoms with Crippen molar-refractivity contribution in [2.75, 3.05) is 0 Å². The van der Waals surface area contributed by atoms with Gasteiger partial charge in [-0.15, -0.1) is 59.6 Å². The van der Waals surface area contributed by atoms with Crippen molar-refractivity contribution in [3.8, 4) is 45.5 Å². The Hall–Kier alpha value is -4.51. The Balaban J connectivity index is 0.000000199. The average Bonchev–Trinajstić information content (AvgIpc) is 3.03. The molecule has 0 bridgehead atoms. The maximum Gasteiger partial charge on any atom is 0.241 e. The molecule has 4 heterocycles. The molecule has 0 N–H and O–H groups in total. The summed E-state index contributed by atoms with van der Waals surface area (Å²) in [5.74, 6) is 3.41. The van der Waals surface area contributed by atoms with Gasteiger partial charge in [0.1, 0.15) is 17.2 Å². The van der Waals surface area contributed by atoms with E-state index in [1.54, 1.807) is 0 Å². The summed E-state index contributed by atoms with van der Waals surface area (Å²) in [7, 11) is 0. The van der Waals surface area contributed by atoms with Gasteiger partial charge in [-0.3, -0.25) is 0 Å². The number of hydrogen-bond acceptors (Lipinski definition) is 4. The number of rotatable bonds is 2. The van der Waals surface area contributed by atoms with Gasteiger partial charge in [0, 0.05) is 43.7 Å². The van der Waals surface area contributed by atoms with E-state index in [-0.39, 0.29) is 26.8 Å². The summed E-state index contributed by atoms with van der Waals surface area (Å²) >= 11 is 0. The van der Waals surface area contributed by atoms with Gasteiger partial charge in [0.25, 0.3) is 0 Å². The van der Waals surface area contributed by atoms with Crippen LogP contribution in [-0.2, 0) is 20.1 Å². The molecule has 0 fully saturated rings. The minimum absolute atomic E-state index is 0. The fourth-order valence-electron chi connectivity index (χ4n) is 5.47. The van der Waals surface area contributed by atoms with Gasteiger partial charge < -0.3 is 19.4 Å². The molecule has 8 rings (SSSR count). The van der Waals surface area contributed by atoms with Crippen molar-refractivity contribution in [2.24, 2.45) is 0 Å². The number of pyridine rings is 2. The monoisotopic (exact) mass is 735 g/mol. The van der Waals surface area contributed by atoms with Crippen LogP contribution in [0.4, 0.5) is 0 Å². The molecule has 4 nitrogen and oxygen atoms in total. The van der Waals surface area contributed by atoms with Crippen LogP contribution < -0.4 is 25.9 Å². The van der Waals surface area contributed by atoms with E-state index in [0.29, 0.717) is 0 Å². The predicted octanol–water partition coefficient (Wildman–Crippen LogP) is 6.75. The van der Waals surface area contributed by atoms with E-state index in [1.807, 2.05) is 86.0 Å². The summed E-state index contributed by atoms with van der Waals surface area (Å²) < 4.78 is 12.6. The summed E-state index contributed by atoms with van der Waals surface area (Å²) in [5.41, 5.74) is 10.7. The second kappa shape index (κ2) is 12.0. The number of nitrogens with zero attached hydrogens (tertiary/aromatic N) is 2. The van der Waals surface area contributed by atoms with Crippen molar-refractivity contribution < 1.29 is 29.6 Å². The molecule has 4 aromatic carbocycles. The Morgan fingerprint density at radius 3 is 2.16 bits per heavy atom. The molecule has 0 spiro atoms. The molecule has 0 aliphatic carbocycles. The molecule has 0 atom stereocenters. The van der Waals surface area contributed by atoms with Gasteiger partial charge in [-0.1, -0.05) is 53.6 Å². The van der Waals surface area contributed by atoms with Crippen LogP contribution in [0.25, 0.3) is 22.5 Å². The van der Waals surface area contributed by atoms with Crippen molar-refractivity contribution in [3.05, 3.63) is 138 Å². The van der Waals surface area contributed by atoms with Crippen LogP contribution >= 0.6 is 0 Å². The molecule has 0 unspecified atom stereocenters. The number of para-hydroxylation sites is 1. The van der Waals surface area contributed by atoms with E-state index in [1.165, 1.54) is 16.7 Å². The van der Waals surface area contributed by atoms with Crippen molar-refractivity contribution in [1.29, 1.82) is 0 Å². The zero-order valence-corrected chi connectivity index (χ0v) is 26.4. The molecule has 6 heteroatoms. The van der Waals surface area contributed by atoms with Crippen LogP contribution in [-0.4, -0.2) is 16.7 Å². The Kier molecular flexibility index (Phi) is 7.99. The minimum atomic E-state index is 0. The molecule has 211 valence electrons. The third-order valence-corrected chi connectivity index (χ3v) is 7.79. The summed E-state index contributed by atoms with van der Waals surface area (Å²) in [6.45, 7) is 6.28. The molecular weight excluding hydrogens is 707 g/mol. The first-order chi connectivity index (χ1) is 20.6. The zero-order valence-electron chi connectivity index (χ0n) is 24.0. The standard InChI is InChI=1S/C25H17BNO2.C12H10N.Ir/c1-15-13-20(27-14-16(15)2)17-7-5-9-19-25(17)29-23-12-6-11-22-24(23)26(19)18-8-3-4-10-21(18)28-22;1-10-7-8-12(13-9-10)11-5-3-2-4-6-11;/h3-6,8-14H,1-2H3;2-5,7-9H,1H3;/q2*-1;. The van der Waals surface area contributed by atoms with Crippen LogP contribution in [0.2, 0.25) is 0 Å². The topological polar surface area (TPSA) is 44.2 Å². The zero-order chi connectivity index (χ0) is 28.6. The first-order valence-electron chi connectivity index (χ1n) is 14.0. The Morgan fingerprint density at radius 2 is 1.40 bits per heavy atom. The van der Waals surface area contributed by atoms with Gasteiger partial charge in [0.05, 0.1) is 0 Å². The SMILES string of the molecule is Cc1ccc(-c2[c-]cccc2)nc1.Cc1cnc(-c2[c-]ccc3c2Oc2cccc4c2B3c2ccccc2O4)cc1C.[Ir]. The van der Waals surface area contributed by atoms with Crippen molar-refractivity contribution in [3.63, 3.8) is 0 Å². The molecule has 0 saturated carbocycles. The van der Waals surface area contributed by atoms with Crippen LogP contribution in [0.3, 0.4) is 0 Å². The number of hydrogen-bond donors (Lipinski definition) is 0. The van der Waals surface area contributed by atoms with Crippen LogP contribution in [0.1, 0.15) is 16.7 Å². The maximum atomic E-state index is 6.44. The minimum Gasteiger partial charge on any atom is -0.503 e. The fourth-order valence-corrected chi connectivity index (χ4v) is 5.47. The first-order valence-corrected chi connectivity index (χ1v) is 14.0. The predicted molar refractivity (Wildman–Crippen MR) is 169 cm³/mol. The van der Waals surface area contributed by atoms with Gasteiger partial charge in [-0.05, 0) is 66.9 Å². The van der Waals surface area contributed by atoms with Crippen molar-refractivity contribution in [2.45, 2.75) is 20.8 Å². The molecule has 0 saturated heterocycles. The second-order valence-corrected chi connectivity index (χ2v) is 10.6. The third-order valence-electron chi connectivity index (χ3n) is 7.79. The molecule has 1 radical (unpaired) electrons. The number of aromatic nitrogens is 2. The van der Waals surface area contributed by atoms with E-state index in [0.717, 1.165) is 61.9 Å². The number of benzene rings is 4. The normalized spacial score (nSPS) is 11.7. The van der Waals surface area contributed by atoms with Crippen LogP contribution in [0.15, 0.2) is 109 Å². The van der Waals surface area contributed by atoms with Crippen LogP contribution in [0, 0.1) is 32.9 Å². The largest absolute Gasteiger partial charge is 0.503 e. The average molecular weight is 735 g/mol. The Labute approximate surface area is 266 Å². The van der Waals surface area contributed by atoms with E-state index in [2.05, 4.69) is 66.3 Å². The van der Waals surface area contributed by atoms with Crippen molar-refractivity contribution in [1.82, 2.24) is 9.97 Å². The van der Waals surface area contributed by atoms with Gasteiger partial charge in [0.2, 0.25) is 6.71 Å². The third kappa shape index (κ3) is 5.40. The molecule has 2 aliphatic heterocycles. The summed E-state index contributed by atoms with van der Waals surface area (Å²) in [6, 6.07) is 38.9. The summed E-state index contributed by atoms with van der Waals surface area (Å²) in [6.07, 6.45) is 3.78. The van der Waals surface area contributed by atoms with E-state index in [9.17, 15) is 0 Å². The molecule has 43 heavy (non-hydrogen) atoms. The maximum absolute atomic E-state index is 6.44. The fraction of sp³-hybridized carbons (Fsp3) is 0.0811. The molecular formula is C37H27BIrN2O2-2. The van der Waals surface area contributed by atoms with E-state index in [4.69, 9.17) is 9.47 Å². The first kappa shape index (κ1) is 28.6. The van der Waals surface area contributed by atoms with Gasteiger partial charge in [-0.2, -0.15) is 0 Å². The van der Waals surface area contributed by atoms with E-state index >= 15 is 0 Å². The quantitative estimate of drug-likeness (QED) is 0.146. The molecule has 0 amide bonds. The van der Waals surface area contributed by atoms with E-state index < -0.39 is 0 Å². The van der Waals surface area contributed by atoms with Gasteiger partial charge in [0.15, 0.2) is 0 Å².